The van der Waals surface area contributed by atoms with Gasteiger partial charge in [0.15, 0.2) is 0 Å². The summed E-state index contributed by atoms with van der Waals surface area (Å²) in [6.07, 6.45) is 1.79. The number of amides is 1. The molecule has 1 aromatic rings. The second-order valence-corrected chi connectivity index (χ2v) is 5.58. The molecule has 5 heteroatoms. The molecule has 0 heterocycles. The van der Waals surface area contributed by atoms with Crippen molar-refractivity contribution in [2.75, 3.05) is 6.61 Å². The lowest BCUT2D eigenvalue weighted by atomic mass is 10.0. The molecule has 0 spiro atoms. The van der Waals surface area contributed by atoms with Crippen LogP contribution in [0.3, 0.4) is 0 Å². The number of hydrogen-bond acceptors (Lipinski definition) is 3. The highest BCUT2D eigenvalue weighted by atomic mass is 16.5. The van der Waals surface area contributed by atoms with Gasteiger partial charge in [0.1, 0.15) is 11.8 Å². The van der Waals surface area contributed by atoms with E-state index in [9.17, 15) is 9.59 Å². The van der Waals surface area contributed by atoms with Gasteiger partial charge in [0.2, 0.25) is 5.91 Å². The smallest absolute Gasteiger partial charge is 0.326 e. The van der Waals surface area contributed by atoms with Crippen LogP contribution in [0.5, 0.6) is 5.75 Å². The molecule has 0 radical (unpaired) electrons. The van der Waals surface area contributed by atoms with Crippen molar-refractivity contribution in [3.8, 4) is 5.75 Å². The summed E-state index contributed by atoms with van der Waals surface area (Å²) >= 11 is 0. The minimum Gasteiger partial charge on any atom is -0.494 e. The summed E-state index contributed by atoms with van der Waals surface area (Å²) in [7, 11) is 0. The second kappa shape index (κ2) is 9.07. The van der Waals surface area contributed by atoms with E-state index in [0.29, 0.717) is 13.0 Å². The zero-order valence-corrected chi connectivity index (χ0v) is 13.5. The van der Waals surface area contributed by atoms with Crippen LogP contribution in [0.4, 0.5) is 0 Å². The first kappa shape index (κ1) is 18.0. The van der Waals surface area contributed by atoms with Crippen LogP contribution in [0, 0.1) is 5.92 Å². The van der Waals surface area contributed by atoms with Crippen LogP contribution in [0.1, 0.15) is 39.2 Å². The minimum atomic E-state index is -1.00. The van der Waals surface area contributed by atoms with Gasteiger partial charge in [-0.1, -0.05) is 32.9 Å². The average Bonchev–Trinajstić information content (AvgIpc) is 2.49. The third-order valence-corrected chi connectivity index (χ3v) is 3.40. The first-order valence-electron chi connectivity index (χ1n) is 7.68. The maximum atomic E-state index is 11.7. The Hall–Kier alpha value is -2.04. The van der Waals surface area contributed by atoms with Crippen LogP contribution >= 0.6 is 0 Å². The number of hydrogen-bond donors (Lipinski definition) is 2. The monoisotopic (exact) mass is 307 g/mol. The van der Waals surface area contributed by atoms with E-state index in [0.717, 1.165) is 12.2 Å². The molecule has 1 atom stereocenters. The number of aliphatic carboxylic acids is 1. The van der Waals surface area contributed by atoms with Gasteiger partial charge in [-0.25, -0.2) is 4.79 Å². The first-order chi connectivity index (χ1) is 10.4. The van der Waals surface area contributed by atoms with Gasteiger partial charge in [-0.3, -0.25) is 4.79 Å². The lowest BCUT2D eigenvalue weighted by molar-refractivity contribution is -0.143. The van der Waals surface area contributed by atoms with Gasteiger partial charge in [-0.2, -0.15) is 0 Å². The van der Waals surface area contributed by atoms with Crippen LogP contribution in [0.25, 0.3) is 0 Å². The average molecular weight is 307 g/mol. The number of nitrogens with one attached hydrogen (secondary N) is 1. The summed E-state index contributed by atoms with van der Waals surface area (Å²) in [5, 5.41) is 11.6. The zero-order chi connectivity index (χ0) is 16.5. The molecule has 22 heavy (non-hydrogen) atoms. The van der Waals surface area contributed by atoms with Gasteiger partial charge in [0.05, 0.1) is 6.61 Å². The number of benzene rings is 1. The Labute approximate surface area is 131 Å². The van der Waals surface area contributed by atoms with Gasteiger partial charge in [0, 0.05) is 6.42 Å². The maximum absolute atomic E-state index is 11.7. The van der Waals surface area contributed by atoms with E-state index >= 15 is 0 Å². The van der Waals surface area contributed by atoms with Crippen LogP contribution in [0.2, 0.25) is 0 Å². The molecule has 0 saturated heterocycles. The fourth-order valence-electron chi connectivity index (χ4n) is 2.00. The molecule has 0 aromatic heterocycles. The fourth-order valence-corrected chi connectivity index (χ4v) is 2.00. The zero-order valence-electron chi connectivity index (χ0n) is 13.5. The van der Waals surface area contributed by atoms with E-state index < -0.39 is 12.0 Å². The molecule has 0 saturated carbocycles. The molecule has 0 aliphatic carbocycles. The van der Waals surface area contributed by atoms with Crippen molar-refractivity contribution in [2.45, 2.75) is 46.1 Å². The quantitative estimate of drug-likeness (QED) is 0.688. The number of carboxylic acid groups (broad SMARTS) is 1. The summed E-state index contributed by atoms with van der Waals surface area (Å²) in [4.78, 5) is 22.7. The Morgan fingerprint density at radius 2 is 1.86 bits per heavy atom. The van der Waals surface area contributed by atoms with Gasteiger partial charge >= 0.3 is 5.97 Å². The fraction of sp³-hybridized carbons (Fsp3) is 0.529. The Balaban J connectivity index is 2.28. The van der Waals surface area contributed by atoms with E-state index in [4.69, 9.17) is 9.84 Å². The Morgan fingerprint density at radius 3 is 2.36 bits per heavy atom. The largest absolute Gasteiger partial charge is 0.494 e. The van der Waals surface area contributed by atoms with Crippen LogP contribution in [-0.2, 0) is 16.0 Å². The number of rotatable bonds is 9. The third-order valence-electron chi connectivity index (χ3n) is 3.40. The van der Waals surface area contributed by atoms with Crippen LogP contribution in [0.15, 0.2) is 24.3 Å². The van der Waals surface area contributed by atoms with E-state index in [1.807, 2.05) is 24.3 Å². The van der Waals surface area contributed by atoms with Gasteiger partial charge in [-0.15, -0.1) is 0 Å². The number of ether oxygens (including phenoxy) is 1. The van der Waals surface area contributed by atoms with E-state index in [-0.39, 0.29) is 18.2 Å². The Bertz CT molecular complexity index is 482. The van der Waals surface area contributed by atoms with Crippen LogP contribution in [-0.4, -0.2) is 29.6 Å². The molecule has 1 rings (SSSR count). The first-order valence-corrected chi connectivity index (χ1v) is 7.68. The van der Waals surface area contributed by atoms with Crippen molar-refractivity contribution >= 4 is 11.9 Å². The van der Waals surface area contributed by atoms with Gasteiger partial charge in [0.25, 0.3) is 0 Å². The second-order valence-electron chi connectivity index (χ2n) is 5.58. The highest BCUT2D eigenvalue weighted by molar-refractivity contribution is 5.83. The molecule has 2 N–H and O–H groups in total. The lowest BCUT2D eigenvalue weighted by Crippen LogP contribution is -2.44. The summed E-state index contributed by atoms with van der Waals surface area (Å²) in [6, 6.07) is 7.02. The van der Waals surface area contributed by atoms with Gasteiger partial charge in [-0.05, 0) is 36.5 Å². The van der Waals surface area contributed by atoms with E-state index in [1.165, 1.54) is 5.56 Å². The Kier molecular flexibility index (Phi) is 7.43. The highest BCUT2D eigenvalue weighted by Gasteiger charge is 2.22. The molecule has 122 valence electrons. The molecule has 0 aliphatic rings. The molecule has 1 aromatic carbocycles. The Morgan fingerprint density at radius 1 is 1.23 bits per heavy atom. The molecule has 0 fully saturated rings. The molecular weight excluding hydrogens is 282 g/mol. The number of carbonyl (C=O) groups excluding carboxylic acids is 1. The SMILES string of the molecule is CCc1ccc(OCCCC(=O)NC(C(=O)O)C(C)C)cc1. The molecule has 5 nitrogen and oxygen atoms in total. The minimum absolute atomic E-state index is 0.144. The number of carboxylic acids is 1. The number of carbonyl (C=O) groups is 2. The maximum Gasteiger partial charge on any atom is 0.326 e. The van der Waals surface area contributed by atoms with Gasteiger partial charge < -0.3 is 15.2 Å². The van der Waals surface area contributed by atoms with Crippen molar-refractivity contribution in [3.63, 3.8) is 0 Å². The summed E-state index contributed by atoms with van der Waals surface area (Å²) in [5.74, 6) is -0.625. The summed E-state index contributed by atoms with van der Waals surface area (Å²) < 4.78 is 5.56. The molecule has 0 aliphatic heterocycles. The third kappa shape index (κ3) is 6.16. The molecule has 1 amide bonds. The molecule has 0 bridgehead atoms. The van der Waals surface area contributed by atoms with Crippen molar-refractivity contribution in [1.82, 2.24) is 5.32 Å². The number of aryl methyl sites for hydroxylation is 1. The van der Waals surface area contributed by atoms with Crippen molar-refractivity contribution in [2.24, 2.45) is 5.92 Å². The van der Waals surface area contributed by atoms with Crippen molar-refractivity contribution in [3.05, 3.63) is 29.8 Å². The van der Waals surface area contributed by atoms with Crippen molar-refractivity contribution in [1.29, 1.82) is 0 Å². The topological polar surface area (TPSA) is 75.6 Å². The summed E-state index contributed by atoms with van der Waals surface area (Å²) in [6.45, 7) is 6.05. The van der Waals surface area contributed by atoms with Crippen LogP contribution < -0.4 is 10.1 Å². The standard InChI is InChI=1S/C17H25NO4/c1-4-13-7-9-14(10-8-13)22-11-5-6-15(19)18-16(12(2)3)17(20)21/h7-10,12,16H,4-6,11H2,1-3H3,(H,18,19)(H,20,21). The predicted molar refractivity (Wildman–Crippen MR) is 85.0 cm³/mol. The molecular formula is C17H25NO4. The molecule has 1 unspecified atom stereocenters. The highest BCUT2D eigenvalue weighted by Crippen LogP contribution is 2.13. The predicted octanol–water partition coefficient (Wildman–Crippen LogP) is 2.63. The normalized spacial score (nSPS) is 12.0. The van der Waals surface area contributed by atoms with E-state index in [1.54, 1.807) is 13.8 Å². The van der Waals surface area contributed by atoms with E-state index in [2.05, 4.69) is 12.2 Å². The summed E-state index contributed by atoms with van der Waals surface area (Å²) in [5.41, 5.74) is 1.25. The lowest BCUT2D eigenvalue weighted by Gasteiger charge is -2.17. The van der Waals surface area contributed by atoms with Crippen molar-refractivity contribution < 1.29 is 19.4 Å².